The lowest BCUT2D eigenvalue weighted by atomic mass is 9.98. The third-order valence-electron chi connectivity index (χ3n) is 4.87. The summed E-state index contributed by atoms with van der Waals surface area (Å²) in [7, 11) is 1.46. The van der Waals surface area contributed by atoms with Crippen LogP contribution in [0.4, 0.5) is 14.9 Å². The summed E-state index contributed by atoms with van der Waals surface area (Å²) in [5, 5.41) is 24.0. The molecule has 0 saturated heterocycles. The summed E-state index contributed by atoms with van der Waals surface area (Å²) in [5.74, 6) is -1.90. The minimum Gasteiger partial charge on any atom is -0.505 e. The first-order chi connectivity index (χ1) is 15.2. The third kappa shape index (κ3) is 5.51. The van der Waals surface area contributed by atoms with Crippen LogP contribution in [0.1, 0.15) is 29.2 Å². The number of aromatic nitrogens is 1. The summed E-state index contributed by atoms with van der Waals surface area (Å²) < 4.78 is 15.2. The Kier molecular flexibility index (Phi) is 6.89. The standard InChI is InChI=1S/C23H22FN3O5/c1-27-10-9-19(28)21(22(27)31)26-23(32)25-18(13-20(29)30)16-7-4-5-14(12-16)11-15-6-2-3-8-17(15)24/h2-10,12,18,28H,11,13H2,1H3,(H,29,30)(H2,25,26,32). The fraction of sp³-hybridized carbons (Fsp3) is 0.174. The van der Waals surface area contributed by atoms with Crippen molar-refractivity contribution in [3.8, 4) is 5.75 Å². The van der Waals surface area contributed by atoms with Crippen molar-refractivity contribution in [1.29, 1.82) is 0 Å². The molecule has 32 heavy (non-hydrogen) atoms. The zero-order valence-electron chi connectivity index (χ0n) is 17.2. The average molecular weight is 439 g/mol. The molecule has 4 N–H and O–H groups in total. The van der Waals surface area contributed by atoms with Crippen LogP contribution in [-0.2, 0) is 18.3 Å². The maximum absolute atomic E-state index is 14.0. The number of anilines is 1. The predicted octanol–water partition coefficient (Wildman–Crippen LogP) is 3.16. The lowest BCUT2D eigenvalue weighted by Crippen LogP contribution is -2.36. The molecule has 2 aromatic carbocycles. The van der Waals surface area contributed by atoms with E-state index < -0.39 is 35.8 Å². The molecule has 3 rings (SSSR count). The smallest absolute Gasteiger partial charge is 0.319 e. The highest BCUT2D eigenvalue weighted by Crippen LogP contribution is 2.22. The van der Waals surface area contributed by atoms with Crippen LogP contribution in [0, 0.1) is 5.82 Å². The highest BCUT2D eigenvalue weighted by atomic mass is 19.1. The lowest BCUT2D eigenvalue weighted by Gasteiger charge is -2.19. The zero-order valence-corrected chi connectivity index (χ0v) is 17.2. The minimum atomic E-state index is -1.15. The average Bonchev–Trinajstić information content (AvgIpc) is 2.75. The van der Waals surface area contributed by atoms with Crippen LogP contribution in [0.3, 0.4) is 0 Å². The van der Waals surface area contributed by atoms with Gasteiger partial charge in [-0.05, 0) is 28.8 Å². The molecular weight excluding hydrogens is 417 g/mol. The first kappa shape index (κ1) is 22.5. The van der Waals surface area contributed by atoms with Gasteiger partial charge in [-0.3, -0.25) is 9.59 Å². The van der Waals surface area contributed by atoms with E-state index in [1.54, 1.807) is 42.5 Å². The van der Waals surface area contributed by atoms with E-state index in [2.05, 4.69) is 10.6 Å². The number of carboxylic acids is 1. The Labute approximate surface area is 183 Å². The SMILES string of the molecule is Cn1ccc(O)c(NC(=O)NC(CC(=O)O)c2cccc(Cc3ccccc3F)c2)c1=O. The fourth-order valence-electron chi connectivity index (χ4n) is 3.25. The number of pyridine rings is 1. The van der Waals surface area contributed by atoms with E-state index >= 15 is 0 Å². The van der Waals surface area contributed by atoms with Crippen LogP contribution in [0.25, 0.3) is 0 Å². The first-order valence-electron chi connectivity index (χ1n) is 9.74. The van der Waals surface area contributed by atoms with Gasteiger partial charge in [0.1, 0.15) is 11.6 Å². The number of aliphatic carboxylic acids is 1. The summed E-state index contributed by atoms with van der Waals surface area (Å²) in [4.78, 5) is 36.0. The van der Waals surface area contributed by atoms with Gasteiger partial charge in [0.15, 0.2) is 5.69 Å². The largest absolute Gasteiger partial charge is 0.505 e. The van der Waals surface area contributed by atoms with Crippen molar-refractivity contribution in [3.63, 3.8) is 0 Å². The van der Waals surface area contributed by atoms with E-state index in [4.69, 9.17) is 0 Å². The van der Waals surface area contributed by atoms with Gasteiger partial charge in [-0.2, -0.15) is 0 Å². The van der Waals surface area contributed by atoms with E-state index in [1.165, 1.54) is 29.9 Å². The van der Waals surface area contributed by atoms with Gasteiger partial charge in [-0.25, -0.2) is 9.18 Å². The number of aromatic hydroxyl groups is 1. The lowest BCUT2D eigenvalue weighted by molar-refractivity contribution is -0.137. The Balaban J connectivity index is 1.82. The summed E-state index contributed by atoms with van der Waals surface area (Å²) >= 11 is 0. The van der Waals surface area contributed by atoms with Gasteiger partial charge < -0.3 is 25.4 Å². The molecule has 2 amide bonds. The maximum Gasteiger partial charge on any atom is 0.319 e. The molecule has 0 fully saturated rings. The number of rotatable bonds is 7. The number of halogens is 1. The molecule has 0 saturated carbocycles. The topological polar surface area (TPSA) is 121 Å². The minimum absolute atomic E-state index is 0.292. The summed E-state index contributed by atoms with van der Waals surface area (Å²) in [6, 6.07) is 12.6. The van der Waals surface area contributed by atoms with Crippen molar-refractivity contribution in [2.45, 2.75) is 18.9 Å². The van der Waals surface area contributed by atoms with Gasteiger partial charge in [0.2, 0.25) is 0 Å². The van der Waals surface area contributed by atoms with E-state index in [0.29, 0.717) is 17.5 Å². The normalized spacial score (nSPS) is 11.6. The van der Waals surface area contributed by atoms with Crippen LogP contribution in [0.2, 0.25) is 0 Å². The number of aryl methyl sites for hydroxylation is 1. The van der Waals surface area contributed by atoms with Crippen LogP contribution < -0.4 is 16.2 Å². The number of nitrogens with zero attached hydrogens (tertiary/aromatic N) is 1. The Morgan fingerprint density at radius 2 is 1.88 bits per heavy atom. The fourth-order valence-corrected chi connectivity index (χ4v) is 3.25. The highest BCUT2D eigenvalue weighted by Gasteiger charge is 2.20. The van der Waals surface area contributed by atoms with Gasteiger partial charge in [-0.15, -0.1) is 0 Å². The predicted molar refractivity (Wildman–Crippen MR) is 116 cm³/mol. The van der Waals surface area contributed by atoms with Crippen molar-refractivity contribution < 1.29 is 24.2 Å². The second-order valence-electron chi connectivity index (χ2n) is 7.25. The van der Waals surface area contributed by atoms with Crippen molar-refractivity contribution >= 4 is 17.7 Å². The number of carbonyl (C=O) groups is 2. The van der Waals surface area contributed by atoms with Crippen molar-refractivity contribution in [2.75, 3.05) is 5.32 Å². The third-order valence-corrected chi connectivity index (χ3v) is 4.87. The number of urea groups is 1. The number of carbonyl (C=O) groups excluding carboxylic acids is 1. The molecule has 3 aromatic rings. The highest BCUT2D eigenvalue weighted by molar-refractivity contribution is 5.91. The Morgan fingerprint density at radius 1 is 1.12 bits per heavy atom. The second-order valence-corrected chi connectivity index (χ2v) is 7.25. The molecule has 0 aliphatic rings. The number of amides is 2. The van der Waals surface area contributed by atoms with E-state index in [9.17, 15) is 29.0 Å². The van der Waals surface area contributed by atoms with Crippen molar-refractivity contribution in [2.24, 2.45) is 7.05 Å². The molecule has 9 heteroatoms. The molecule has 0 aliphatic carbocycles. The van der Waals surface area contributed by atoms with Gasteiger partial charge in [-0.1, -0.05) is 42.5 Å². The molecule has 0 radical (unpaired) electrons. The number of hydrogen-bond donors (Lipinski definition) is 4. The van der Waals surface area contributed by atoms with Gasteiger partial charge in [0, 0.05) is 19.7 Å². The molecular formula is C23H22FN3O5. The second kappa shape index (κ2) is 9.78. The number of carboxylic acid groups (broad SMARTS) is 1. The van der Waals surface area contributed by atoms with Crippen molar-refractivity contribution in [3.05, 3.63) is 93.7 Å². The Hall–Kier alpha value is -4.14. The van der Waals surface area contributed by atoms with Gasteiger partial charge >= 0.3 is 12.0 Å². The van der Waals surface area contributed by atoms with E-state index in [1.807, 2.05) is 0 Å². The molecule has 0 aliphatic heterocycles. The van der Waals surface area contributed by atoms with Gasteiger partial charge in [0.05, 0.1) is 12.5 Å². The molecule has 1 atom stereocenters. The first-order valence-corrected chi connectivity index (χ1v) is 9.74. The maximum atomic E-state index is 14.0. The Morgan fingerprint density at radius 3 is 2.59 bits per heavy atom. The van der Waals surface area contributed by atoms with Crippen LogP contribution in [0.15, 0.2) is 65.6 Å². The number of benzene rings is 2. The van der Waals surface area contributed by atoms with Crippen LogP contribution in [0.5, 0.6) is 5.75 Å². The van der Waals surface area contributed by atoms with Crippen LogP contribution >= 0.6 is 0 Å². The van der Waals surface area contributed by atoms with Crippen LogP contribution in [-0.4, -0.2) is 26.8 Å². The zero-order chi connectivity index (χ0) is 23.3. The summed E-state index contributed by atoms with van der Waals surface area (Å²) in [6.45, 7) is 0. The summed E-state index contributed by atoms with van der Waals surface area (Å²) in [5.41, 5.74) is 0.776. The number of hydrogen-bond acceptors (Lipinski definition) is 4. The quantitative estimate of drug-likeness (QED) is 0.451. The van der Waals surface area contributed by atoms with Gasteiger partial charge in [0.25, 0.3) is 5.56 Å². The molecule has 0 bridgehead atoms. The van der Waals surface area contributed by atoms with Crippen molar-refractivity contribution in [1.82, 2.24) is 9.88 Å². The molecule has 1 aromatic heterocycles. The monoisotopic (exact) mass is 439 g/mol. The molecule has 166 valence electrons. The van der Waals surface area contributed by atoms with E-state index in [-0.39, 0.29) is 11.5 Å². The Bertz CT molecular complexity index is 1210. The summed E-state index contributed by atoms with van der Waals surface area (Å²) in [6.07, 6.45) is 1.21. The number of nitrogens with one attached hydrogen (secondary N) is 2. The molecule has 1 unspecified atom stereocenters. The van der Waals surface area contributed by atoms with E-state index in [0.717, 1.165) is 5.56 Å². The molecule has 8 nitrogen and oxygen atoms in total. The molecule has 0 spiro atoms. The molecule has 1 heterocycles.